The summed E-state index contributed by atoms with van der Waals surface area (Å²) in [4.78, 5) is 0. The predicted molar refractivity (Wildman–Crippen MR) is 91.7 cm³/mol. The second-order valence-corrected chi connectivity index (χ2v) is 5.29. The second-order valence-electron chi connectivity index (χ2n) is 5.29. The molecule has 0 aliphatic heterocycles. The van der Waals surface area contributed by atoms with Crippen molar-refractivity contribution in [3.63, 3.8) is 0 Å². The monoisotopic (exact) mass is 312 g/mol. The average Bonchev–Trinajstić information content (AvgIpc) is 3.26. The second kappa shape index (κ2) is 5.86. The number of nitrogens with zero attached hydrogens (tertiary/aromatic N) is 3. The quantitative estimate of drug-likeness (QED) is 0.613. The number of hydrogen-bond acceptors (Lipinski definition) is 4. The third-order valence-electron chi connectivity index (χ3n) is 3.74. The van der Waals surface area contributed by atoms with E-state index in [0.29, 0.717) is 11.4 Å². The molecule has 4 rings (SSSR count). The molecule has 4 aromatic rings. The maximum atomic E-state index is 9.00. The van der Waals surface area contributed by atoms with Crippen molar-refractivity contribution in [1.82, 2.24) is 15.4 Å². The smallest absolute Gasteiger partial charge is 0.190 e. The molecule has 0 aliphatic carbocycles. The Morgan fingerprint density at radius 1 is 1.04 bits per heavy atom. The highest BCUT2D eigenvalue weighted by Crippen LogP contribution is 2.22. The molecule has 5 nitrogen and oxygen atoms in total. The molecule has 0 saturated heterocycles. The fourth-order valence-corrected chi connectivity index (χ4v) is 2.53. The molecule has 0 aliphatic rings. The molecule has 0 radical (unpaired) electrons. The van der Waals surface area contributed by atoms with Crippen molar-refractivity contribution in [3.05, 3.63) is 71.6 Å². The van der Waals surface area contributed by atoms with Gasteiger partial charge in [-0.05, 0) is 23.8 Å². The summed E-state index contributed by atoms with van der Waals surface area (Å²) in [7, 11) is 0. The number of fused-ring (bicyclic) bond motifs is 1. The van der Waals surface area contributed by atoms with Crippen molar-refractivity contribution in [3.8, 4) is 17.3 Å². The third kappa shape index (κ3) is 2.57. The van der Waals surface area contributed by atoms with Crippen LogP contribution in [0.4, 0.5) is 0 Å². The molecule has 2 aromatic carbocycles. The van der Waals surface area contributed by atoms with Crippen LogP contribution in [0.15, 0.2) is 59.0 Å². The van der Waals surface area contributed by atoms with Crippen LogP contribution in [0.5, 0.6) is 0 Å². The van der Waals surface area contributed by atoms with E-state index in [2.05, 4.69) is 15.4 Å². The third-order valence-corrected chi connectivity index (χ3v) is 3.74. The van der Waals surface area contributed by atoms with Crippen LogP contribution in [0.25, 0.3) is 34.4 Å². The Morgan fingerprint density at radius 2 is 1.88 bits per heavy atom. The highest BCUT2D eigenvalue weighted by Gasteiger charge is 2.08. The van der Waals surface area contributed by atoms with Gasteiger partial charge < -0.3 is 4.42 Å². The Balaban J connectivity index is 1.58. The van der Waals surface area contributed by atoms with E-state index < -0.39 is 0 Å². The van der Waals surface area contributed by atoms with Crippen LogP contribution in [0.3, 0.4) is 0 Å². The summed E-state index contributed by atoms with van der Waals surface area (Å²) in [6.45, 7) is 0. The zero-order chi connectivity index (χ0) is 16.4. The highest BCUT2D eigenvalue weighted by atomic mass is 16.3. The largest absolute Gasteiger partial charge is 0.457 e. The number of rotatable bonds is 3. The van der Waals surface area contributed by atoms with Crippen LogP contribution in [0, 0.1) is 11.3 Å². The van der Waals surface area contributed by atoms with Gasteiger partial charge in [-0.25, -0.2) is 0 Å². The Kier molecular flexibility index (Phi) is 3.41. The van der Waals surface area contributed by atoms with Crippen molar-refractivity contribution in [2.45, 2.75) is 0 Å². The van der Waals surface area contributed by atoms with E-state index in [1.807, 2.05) is 72.8 Å². The fraction of sp³-hybridized carbons (Fsp3) is 0. The molecule has 5 heteroatoms. The number of para-hydroxylation sites is 1. The SMILES string of the molecule is N#Cc1nn[nH]c1-c1ccc(/C=C/c2cc3ccccc3o2)cc1. The molecule has 0 unspecified atom stereocenters. The van der Waals surface area contributed by atoms with Gasteiger partial charge in [-0.3, -0.25) is 5.10 Å². The zero-order valence-electron chi connectivity index (χ0n) is 12.6. The number of H-pyrrole nitrogens is 1. The lowest BCUT2D eigenvalue weighted by Crippen LogP contribution is -1.82. The molecule has 2 aromatic heterocycles. The first-order chi connectivity index (χ1) is 11.8. The van der Waals surface area contributed by atoms with Crippen LogP contribution in [-0.4, -0.2) is 15.4 Å². The van der Waals surface area contributed by atoms with Gasteiger partial charge in [-0.15, -0.1) is 5.10 Å². The minimum absolute atomic E-state index is 0.292. The molecular weight excluding hydrogens is 300 g/mol. The van der Waals surface area contributed by atoms with Gasteiger partial charge in [0.25, 0.3) is 0 Å². The van der Waals surface area contributed by atoms with E-state index in [0.717, 1.165) is 27.9 Å². The van der Waals surface area contributed by atoms with Crippen LogP contribution in [0.2, 0.25) is 0 Å². The van der Waals surface area contributed by atoms with Crippen molar-refractivity contribution >= 4 is 23.1 Å². The average molecular weight is 312 g/mol. The van der Waals surface area contributed by atoms with E-state index in [1.165, 1.54) is 0 Å². The van der Waals surface area contributed by atoms with Crippen LogP contribution >= 0.6 is 0 Å². The molecule has 24 heavy (non-hydrogen) atoms. The van der Waals surface area contributed by atoms with Crippen molar-refractivity contribution in [2.24, 2.45) is 0 Å². The summed E-state index contributed by atoms with van der Waals surface area (Å²) in [6.07, 6.45) is 3.92. The summed E-state index contributed by atoms with van der Waals surface area (Å²) in [5, 5.41) is 20.2. The van der Waals surface area contributed by atoms with Crippen LogP contribution < -0.4 is 0 Å². The molecule has 0 atom stereocenters. The summed E-state index contributed by atoms with van der Waals surface area (Å²) >= 11 is 0. The fourth-order valence-electron chi connectivity index (χ4n) is 2.53. The van der Waals surface area contributed by atoms with Gasteiger partial charge in [0.1, 0.15) is 23.1 Å². The molecule has 0 amide bonds. The Bertz CT molecular complexity index is 1030. The van der Waals surface area contributed by atoms with Crippen molar-refractivity contribution < 1.29 is 4.42 Å². The topological polar surface area (TPSA) is 78.5 Å². The first-order valence-electron chi connectivity index (χ1n) is 7.42. The maximum absolute atomic E-state index is 9.00. The molecule has 0 spiro atoms. The Morgan fingerprint density at radius 3 is 2.67 bits per heavy atom. The van der Waals surface area contributed by atoms with Gasteiger partial charge in [-0.2, -0.15) is 5.26 Å². The zero-order valence-corrected chi connectivity index (χ0v) is 12.6. The van der Waals surface area contributed by atoms with E-state index >= 15 is 0 Å². The van der Waals surface area contributed by atoms with Gasteiger partial charge in [0, 0.05) is 10.9 Å². The number of furan rings is 1. The minimum Gasteiger partial charge on any atom is -0.457 e. The number of aromatic nitrogens is 3. The number of nitriles is 1. The molecule has 0 fully saturated rings. The van der Waals surface area contributed by atoms with E-state index in [-0.39, 0.29) is 0 Å². The summed E-state index contributed by atoms with van der Waals surface area (Å²) in [5.74, 6) is 0.810. The Hall–Kier alpha value is -3.65. The molecule has 2 heterocycles. The number of hydrogen-bond donors (Lipinski definition) is 1. The molecule has 0 saturated carbocycles. The lowest BCUT2D eigenvalue weighted by molar-refractivity contribution is 0.604. The predicted octanol–water partition coefficient (Wildman–Crippen LogP) is 4.26. The van der Waals surface area contributed by atoms with E-state index in [4.69, 9.17) is 9.68 Å². The lowest BCUT2D eigenvalue weighted by Gasteiger charge is -1.98. The first kappa shape index (κ1) is 14.0. The van der Waals surface area contributed by atoms with Gasteiger partial charge in [0.2, 0.25) is 0 Å². The van der Waals surface area contributed by atoms with Gasteiger partial charge in [-0.1, -0.05) is 53.8 Å². The summed E-state index contributed by atoms with van der Waals surface area (Å²) in [5.41, 5.74) is 3.71. The van der Waals surface area contributed by atoms with Crippen molar-refractivity contribution in [2.75, 3.05) is 0 Å². The summed E-state index contributed by atoms with van der Waals surface area (Å²) < 4.78 is 5.76. The number of benzene rings is 2. The van der Waals surface area contributed by atoms with Gasteiger partial charge >= 0.3 is 0 Å². The van der Waals surface area contributed by atoms with E-state index in [9.17, 15) is 0 Å². The molecular formula is C19H12N4O. The number of aromatic amines is 1. The van der Waals surface area contributed by atoms with Crippen LogP contribution in [0.1, 0.15) is 17.0 Å². The van der Waals surface area contributed by atoms with Crippen LogP contribution in [-0.2, 0) is 0 Å². The lowest BCUT2D eigenvalue weighted by atomic mass is 10.1. The maximum Gasteiger partial charge on any atom is 0.190 e. The highest BCUT2D eigenvalue weighted by molar-refractivity contribution is 5.81. The Labute approximate surface area is 137 Å². The van der Waals surface area contributed by atoms with Gasteiger partial charge in [0.15, 0.2) is 5.69 Å². The standard InChI is InChI=1S/C19H12N4O/c20-12-17-19(22-23-21-17)14-8-5-13(6-9-14)7-10-16-11-15-3-1-2-4-18(15)24-16/h1-11H,(H,21,22,23)/b10-7+. The van der Waals surface area contributed by atoms with E-state index in [1.54, 1.807) is 0 Å². The first-order valence-corrected chi connectivity index (χ1v) is 7.42. The molecule has 0 bridgehead atoms. The summed E-state index contributed by atoms with van der Waals surface area (Å²) in [6, 6.07) is 19.7. The normalized spacial score (nSPS) is 11.1. The minimum atomic E-state index is 0.292. The number of nitrogens with one attached hydrogen (secondary N) is 1. The molecule has 114 valence electrons. The molecule has 1 N–H and O–H groups in total. The van der Waals surface area contributed by atoms with Gasteiger partial charge in [0.05, 0.1) is 0 Å². The van der Waals surface area contributed by atoms with Crippen molar-refractivity contribution in [1.29, 1.82) is 5.26 Å².